The van der Waals surface area contributed by atoms with Crippen LogP contribution < -0.4 is 16.4 Å². The van der Waals surface area contributed by atoms with Crippen molar-refractivity contribution in [3.63, 3.8) is 0 Å². The summed E-state index contributed by atoms with van der Waals surface area (Å²) in [6, 6.07) is 4.36. The van der Waals surface area contributed by atoms with Gasteiger partial charge in [-0.1, -0.05) is 18.9 Å². The number of anilines is 1. The van der Waals surface area contributed by atoms with E-state index in [0.29, 0.717) is 62.5 Å². The molecule has 234 valence electrons. The maximum atomic E-state index is 13.1. The van der Waals surface area contributed by atoms with Crippen LogP contribution in [0, 0.1) is 0 Å². The molecule has 0 aromatic heterocycles. The molecule has 4 N–H and O–H groups in total. The van der Waals surface area contributed by atoms with Gasteiger partial charge in [0.1, 0.15) is 17.9 Å². The highest BCUT2D eigenvalue weighted by molar-refractivity contribution is 6.04. The van der Waals surface area contributed by atoms with Crippen molar-refractivity contribution in [2.75, 3.05) is 45.2 Å². The van der Waals surface area contributed by atoms with Crippen LogP contribution in [0.3, 0.4) is 0 Å². The third-order valence-corrected chi connectivity index (χ3v) is 6.75. The molecule has 1 atom stereocenters. The smallest absolute Gasteiger partial charge is 0.410 e. The molecule has 0 aliphatic carbocycles. The molecule has 42 heavy (non-hydrogen) atoms. The third-order valence-electron chi connectivity index (χ3n) is 6.75. The van der Waals surface area contributed by atoms with Gasteiger partial charge in [0.15, 0.2) is 0 Å². The summed E-state index contributed by atoms with van der Waals surface area (Å²) in [4.78, 5) is 64.8. The summed E-state index contributed by atoms with van der Waals surface area (Å²) in [6.07, 6.45) is 4.12. The van der Waals surface area contributed by atoms with E-state index in [4.69, 9.17) is 15.2 Å². The van der Waals surface area contributed by atoms with Crippen molar-refractivity contribution in [1.82, 2.24) is 15.1 Å². The second-order valence-electron chi connectivity index (χ2n) is 11.2. The summed E-state index contributed by atoms with van der Waals surface area (Å²) < 4.78 is 10.9. The van der Waals surface area contributed by atoms with E-state index in [1.165, 1.54) is 11.9 Å². The van der Waals surface area contributed by atoms with Crippen molar-refractivity contribution in [2.24, 2.45) is 5.73 Å². The number of nitrogens with two attached hydrogens (primary N) is 1. The van der Waals surface area contributed by atoms with Gasteiger partial charge in [-0.2, -0.15) is 0 Å². The molecule has 0 spiro atoms. The van der Waals surface area contributed by atoms with Gasteiger partial charge in [-0.3, -0.25) is 14.4 Å². The molecule has 1 aromatic carbocycles. The maximum Gasteiger partial charge on any atom is 0.410 e. The Kier molecular flexibility index (Phi) is 14.4. The minimum atomic E-state index is -0.770. The first-order valence-corrected chi connectivity index (χ1v) is 14.7. The number of fused-ring (bicyclic) bond motifs is 1. The number of carbonyl (C=O) groups excluding carboxylic acids is 5. The summed E-state index contributed by atoms with van der Waals surface area (Å²) in [6.45, 7) is 7.84. The number of aldehydes is 1. The molecule has 1 unspecified atom stereocenters. The van der Waals surface area contributed by atoms with E-state index in [9.17, 15) is 24.0 Å². The predicted octanol–water partition coefficient (Wildman–Crippen LogP) is 2.84. The molecule has 0 fully saturated rings. The number of unbranched alkanes of at least 4 members (excludes halogenated alkanes) is 3. The molecular formula is C30H47N5O7. The van der Waals surface area contributed by atoms with Crippen LogP contribution in [0.5, 0.6) is 0 Å². The van der Waals surface area contributed by atoms with Crippen molar-refractivity contribution < 1.29 is 33.4 Å². The quantitative estimate of drug-likeness (QED) is 0.174. The number of nitrogens with zero attached hydrogens (tertiary/aromatic N) is 2. The molecule has 12 heteroatoms. The Labute approximate surface area is 248 Å². The first kappa shape index (κ1) is 34.7. The maximum absolute atomic E-state index is 13.1. The van der Waals surface area contributed by atoms with Crippen LogP contribution >= 0.6 is 0 Å². The molecule has 1 heterocycles. The normalized spacial score (nSPS) is 13.4. The molecule has 2 rings (SSSR count). The van der Waals surface area contributed by atoms with Crippen LogP contribution in [-0.4, -0.2) is 91.4 Å². The summed E-state index contributed by atoms with van der Waals surface area (Å²) in [5.74, 6) is -0.796. The molecule has 0 bridgehead atoms. The van der Waals surface area contributed by atoms with Crippen LogP contribution in [0.4, 0.5) is 10.5 Å². The Morgan fingerprint density at radius 3 is 2.52 bits per heavy atom. The second kappa shape index (κ2) is 17.4. The van der Waals surface area contributed by atoms with Gasteiger partial charge in [0.2, 0.25) is 11.8 Å². The fourth-order valence-electron chi connectivity index (χ4n) is 4.68. The van der Waals surface area contributed by atoms with E-state index < -0.39 is 11.6 Å². The highest BCUT2D eigenvalue weighted by atomic mass is 16.6. The zero-order valence-corrected chi connectivity index (χ0v) is 25.4. The number of likely N-dealkylation sites (N-methyl/N-ethyl adjacent to an activating group) is 1. The molecule has 1 aliphatic heterocycles. The Morgan fingerprint density at radius 1 is 1.12 bits per heavy atom. The Hall–Kier alpha value is -3.51. The van der Waals surface area contributed by atoms with Crippen molar-refractivity contribution in [3.05, 3.63) is 29.3 Å². The molecule has 1 aromatic rings. The second-order valence-corrected chi connectivity index (χ2v) is 11.2. The zero-order chi connectivity index (χ0) is 31.1. The number of amides is 4. The van der Waals surface area contributed by atoms with Crippen molar-refractivity contribution in [1.29, 1.82) is 0 Å². The van der Waals surface area contributed by atoms with Gasteiger partial charge in [-0.15, -0.1) is 0 Å². The molecule has 0 saturated heterocycles. The number of ether oxygens (including phenoxy) is 2. The SMILES string of the molecule is CNC(=O)C(CCC=O)N1Cc2c(NC(=O)CCCCCCN(CCOCCN)C(=O)OC(C)(C)C)cccc2C1=O. The van der Waals surface area contributed by atoms with Crippen LogP contribution in [0.15, 0.2) is 18.2 Å². The minimum Gasteiger partial charge on any atom is -0.444 e. The topological polar surface area (TPSA) is 160 Å². The average molecular weight is 590 g/mol. The Bertz CT molecular complexity index is 1070. The summed E-state index contributed by atoms with van der Waals surface area (Å²) in [7, 11) is 1.49. The van der Waals surface area contributed by atoms with Crippen LogP contribution in [-0.2, 0) is 30.4 Å². The third kappa shape index (κ3) is 11.1. The van der Waals surface area contributed by atoms with Crippen LogP contribution in [0.2, 0.25) is 0 Å². The van der Waals surface area contributed by atoms with Crippen LogP contribution in [0.1, 0.15) is 81.6 Å². The summed E-state index contributed by atoms with van der Waals surface area (Å²) in [5, 5.41) is 5.48. The monoisotopic (exact) mass is 589 g/mol. The van der Waals surface area contributed by atoms with Gasteiger partial charge in [0, 0.05) is 62.9 Å². The van der Waals surface area contributed by atoms with Crippen molar-refractivity contribution in [3.8, 4) is 0 Å². The van der Waals surface area contributed by atoms with Gasteiger partial charge in [-0.25, -0.2) is 4.79 Å². The number of hydrogen-bond donors (Lipinski definition) is 3. The highest BCUT2D eigenvalue weighted by Gasteiger charge is 2.37. The molecule has 1 aliphatic rings. The van der Waals surface area contributed by atoms with E-state index in [1.54, 1.807) is 23.1 Å². The Morgan fingerprint density at radius 2 is 1.86 bits per heavy atom. The minimum absolute atomic E-state index is 0.157. The number of rotatable bonds is 18. The average Bonchev–Trinajstić information content (AvgIpc) is 3.27. The molecule has 4 amide bonds. The molecule has 0 radical (unpaired) electrons. The largest absolute Gasteiger partial charge is 0.444 e. The van der Waals surface area contributed by atoms with Gasteiger partial charge < -0.3 is 40.4 Å². The zero-order valence-electron chi connectivity index (χ0n) is 25.4. The molecule has 0 saturated carbocycles. The van der Waals surface area contributed by atoms with E-state index in [2.05, 4.69) is 10.6 Å². The van der Waals surface area contributed by atoms with Crippen molar-refractivity contribution in [2.45, 2.75) is 83.9 Å². The number of hydrogen-bond acceptors (Lipinski definition) is 8. The van der Waals surface area contributed by atoms with E-state index in [0.717, 1.165) is 25.5 Å². The number of carbonyl (C=O) groups is 5. The van der Waals surface area contributed by atoms with Gasteiger partial charge >= 0.3 is 6.09 Å². The lowest BCUT2D eigenvalue weighted by Crippen LogP contribution is -2.46. The van der Waals surface area contributed by atoms with Gasteiger partial charge in [0.25, 0.3) is 5.91 Å². The van der Waals surface area contributed by atoms with Gasteiger partial charge in [-0.05, 0) is 52.2 Å². The van der Waals surface area contributed by atoms with Crippen LogP contribution in [0.25, 0.3) is 0 Å². The van der Waals surface area contributed by atoms with Crippen molar-refractivity contribution >= 4 is 35.8 Å². The van der Waals surface area contributed by atoms with Gasteiger partial charge in [0.05, 0.1) is 13.2 Å². The molecule has 12 nitrogen and oxygen atoms in total. The number of benzene rings is 1. The number of nitrogens with one attached hydrogen (secondary N) is 2. The fraction of sp³-hybridized carbons (Fsp3) is 0.633. The highest BCUT2D eigenvalue weighted by Crippen LogP contribution is 2.32. The lowest BCUT2D eigenvalue weighted by Gasteiger charge is -2.27. The lowest BCUT2D eigenvalue weighted by atomic mass is 10.1. The molecular weight excluding hydrogens is 542 g/mol. The first-order chi connectivity index (χ1) is 20.0. The summed E-state index contributed by atoms with van der Waals surface area (Å²) in [5.41, 5.74) is 6.51. The van der Waals surface area contributed by atoms with E-state index in [1.807, 2.05) is 20.8 Å². The lowest BCUT2D eigenvalue weighted by molar-refractivity contribution is -0.125. The first-order valence-electron chi connectivity index (χ1n) is 14.7. The van der Waals surface area contributed by atoms with E-state index >= 15 is 0 Å². The predicted molar refractivity (Wildman–Crippen MR) is 159 cm³/mol. The van der Waals surface area contributed by atoms with E-state index in [-0.39, 0.29) is 43.2 Å². The standard InChI is InChI=1S/C30H47N5O7/c1-30(2,3)42-29(40)34(17-20-41-19-15-31)16-8-6-5-7-14-26(37)33-24-12-9-11-22-23(24)21-35(28(22)39)25(13-10-18-36)27(38)32-4/h9,11-12,18,25H,5-8,10,13-17,19-21,31H2,1-4H3,(H,32,38)(H,33,37). The summed E-state index contributed by atoms with van der Waals surface area (Å²) >= 11 is 0. The fourth-order valence-corrected chi connectivity index (χ4v) is 4.68. The Balaban J connectivity index is 1.85.